The number of halogens is 3. The SMILES string of the molecule is Cl.O=C(O)CCN1CCOC(c2ccc(OCc3ccccc3OC(F)F)cc2)C1. The van der Waals surface area contributed by atoms with Gasteiger partial charge in [-0.2, -0.15) is 8.78 Å². The summed E-state index contributed by atoms with van der Waals surface area (Å²) in [6.07, 6.45) is -0.0252. The Morgan fingerprint density at radius 1 is 1.20 bits per heavy atom. The second-order valence-corrected chi connectivity index (χ2v) is 6.65. The van der Waals surface area contributed by atoms with Gasteiger partial charge in [-0.25, -0.2) is 0 Å². The third-order valence-corrected chi connectivity index (χ3v) is 4.63. The molecule has 1 aliphatic rings. The number of rotatable bonds is 9. The van der Waals surface area contributed by atoms with Crippen LogP contribution in [-0.4, -0.2) is 48.8 Å². The van der Waals surface area contributed by atoms with E-state index in [1.807, 2.05) is 12.1 Å². The van der Waals surface area contributed by atoms with E-state index in [1.165, 1.54) is 6.07 Å². The van der Waals surface area contributed by atoms with Gasteiger partial charge in [0.15, 0.2) is 0 Å². The Morgan fingerprint density at radius 3 is 2.63 bits per heavy atom. The molecule has 30 heavy (non-hydrogen) atoms. The molecule has 1 fully saturated rings. The number of nitrogens with zero attached hydrogens (tertiary/aromatic N) is 1. The van der Waals surface area contributed by atoms with Crippen molar-refractivity contribution in [2.75, 3.05) is 26.2 Å². The van der Waals surface area contributed by atoms with Crippen LogP contribution < -0.4 is 9.47 Å². The summed E-state index contributed by atoms with van der Waals surface area (Å²) in [5, 5.41) is 8.83. The molecule has 1 saturated heterocycles. The number of carboxylic acid groups (broad SMARTS) is 1. The van der Waals surface area contributed by atoms with Gasteiger partial charge in [0, 0.05) is 25.2 Å². The average molecular weight is 444 g/mol. The molecule has 0 spiro atoms. The zero-order valence-electron chi connectivity index (χ0n) is 16.2. The maximum absolute atomic E-state index is 12.5. The van der Waals surface area contributed by atoms with Gasteiger partial charge in [-0.1, -0.05) is 30.3 Å². The van der Waals surface area contributed by atoms with Crippen LogP contribution >= 0.6 is 12.4 Å². The third-order valence-electron chi connectivity index (χ3n) is 4.63. The standard InChI is InChI=1S/C21H23F2NO5.ClH/c22-21(23)29-18-4-2-1-3-16(18)14-28-17-7-5-15(6-8-17)19-13-24(11-12-27-19)10-9-20(25)26;/h1-8,19,21H,9-14H2,(H,25,26);1H. The van der Waals surface area contributed by atoms with E-state index in [0.29, 0.717) is 37.6 Å². The van der Waals surface area contributed by atoms with Gasteiger partial charge in [0.1, 0.15) is 18.1 Å². The lowest BCUT2D eigenvalue weighted by Gasteiger charge is -2.32. The zero-order chi connectivity index (χ0) is 20.6. The Labute approximate surface area is 179 Å². The van der Waals surface area contributed by atoms with Crippen LogP contribution in [0.1, 0.15) is 23.7 Å². The lowest BCUT2D eigenvalue weighted by atomic mass is 10.1. The molecule has 6 nitrogen and oxygen atoms in total. The fourth-order valence-electron chi connectivity index (χ4n) is 3.13. The maximum Gasteiger partial charge on any atom is 0.387 e. The topological polar surface area (TPSA) is 68.2 Å². The number of carbonyl (C=O) groups is 1. The number of ether oxygens (including phenoxy) is 3. The fraction of sp³-hybridized carbons (Fsp3) is 0.381. The lowest BCUT2D eigenvalue weighted by molar-refractivity contribution is -0.137. The molecule has 0 aliphatic carbocycles. The molecule has 0 radical (unpaired) electrons. The molecule has 1 unspecified atom stereocenters. The first-order valence-corrected chi connectivity index (χ1v) is 9.32. The minimum atomic E-state index is -2.89. The molecule has 9 heteroatoms. The first-order valence-electron chi connectivity index (χ1n) is 9.32. The van der Waals surface area contributed by atoms with Crippen molar-refractivity contribution in [3.8, 4) is 11.5 Å². The van der Waals surface area contributed by atoms with E-state index >= 15 is 0 Å². The Bertz CT molecular complexity index is 806. The molecule has 164 valence electrons. The minimum absolute atomic E-state index is 0. The number of hydrogen-bond donors (Lipinski definition) is 1. The van der Waals surface area contributed by atoms with Gasteiger partial charge in [0.2, 0.25) is 0 Å². The van der Waals surface area contributed by atoms with Gasteiger partial charge in [0.05, 0.1) is 19.1 Å². The molecule has 0 aromatic heterocycles. The van der Waals surface area contributed by atoms with Crippen molar-refractivity contribution in [1.29, 1.82) is 0 Å². The zero-order valence-corrected chi connectivity index (χ0v) is 17.0. The van der Waals surface area contributed by atoms with Crippen molar-refractivity contribution < 1.29 is 32.9 Å². The van der Waals surface area contributed by atoms with E-state index in [1.54, 1.807) is 30.3 Å². The van der Waals surface area contributed by atoms with Crippen molar-refractivity contribution in [2.24, 2.45) is 0 Å². The van der Waals surface area contributed by atoms with Crippen molar-refractivity contribution in [1.82, 2.24) is 4.90 Å². The van der Waals surface area contributed by atoms with Gasteiger partial charge in [0.25, 0.3) is 0 Å². The predicted molar refractivity (Wildman–Crippen MR) is 108 cm³/mol. The molecule has 0 bridgehead atoms. The summed E-state index contributed by atoms with van der Waals surface area (Å²) in [7, 11) is 0. The van der Waals surface area contributed by atoms with E-state index in [4.69, 9.17) is 14.6 Å². The van der Waals surface area contributed by atoms with Crippen molar-refractivity contribution in [3.05, 3.63) is 59.7 Å². The Kier molecular flexibility index (Phi) is 9.29. The lowest BCUT2D eigenvalue weighted by Crippen LogP contribution is -2.39. The Balaban J connectivity index is 0.00000320. The highest BCUT2D eigenvalue weighted by atomic mass is 35.5. The molecular formula is C21H24ClF2NO5. The minimum Gasteiger partial charge on any atom is -0.489 e. The van der Waals surface area contributed by atoms with Crippen LogP contribution in [0.4, 0.5) is 8.78 Å². The normalized spacial score (nSPS) is 16.7. The second-order valence-electron chi connectivity index (χ2n) is 6.65. The van der Waals surface area contributed by atoms with Crippen LogP contribution in [0.3, 0.4) is 0 Å². The number of benzene rings is 2. The number of hydrogen-bond acceptors (Lipinski definition) is 5. The molecule has 0 saturated carbocycles. The van der Waals surface area contributed by atoms with Gasteiger partial charge < -0.3 is 19.3 Å². The number of carboxylic acids is 1. The third kappa shape index (κ3) is 7.12. The van der Waals surface area contributed by atoms with Crippen LogP contribution in [0, 0.1) is 0 Å². The Morgan fingerprint density at radius 2 is 1.93 bits per heavy atom. The van der Waals surface area contributed by atoms with E-state index in [9.17, 15) is 13.6 Å². The summed E-state index contributed by atoms with van der Waals surface area (Å²) in [4.78, 5) is 12.8. The van der Waals surface area contributed by atoms with Gasteiger partial charge in [-0.15, -0.1) is 12.4 Å². The highest BCUT2D eigenvalue weighted by Gasteiger charge is 2.22. The molecule has 1 N–H and O–H groups in total. The van der Waals surface area contributed by atoms with Crippen LogP contribution in [0.15, 0.2) is 48.5 Å². The average Bonchev–Trinajstić information content (AvgIpc) is 2.72. The van der Waals surface area contributed by atoms with Gasteiger partial charge >= 0.3 is 12.6 Å². The summed E-state index contributed by atoms with van der Waals surface area (Å²) in [5.74, 6) is -0.120. The summed E-state index contributed by atoms with van der Waals surface area (Å²) in [5.41, 5.74) is 1.50. The van der Waals surface area contributed by atoms with E-state index in [-0.39, 0.29) is 37.3 Å². The number of morpholine rings is 1. The first kappa shape index (κ1) is 23.9. The predicted octanol–water partition coefficient (Wildman–Crippen LogP) is 4.14. The van der Waals surface area contributed by atoms with Crippen LogP contribution in [0.5, 0.6) is 11.5 Å². The molecule has 2 aromatic carbocycles. The molecule has 2 aromatic rings. The maximum atomic E-state index is 12.5. The second kappa shape index (κ2) is 11.7. The summed E-state index contributed by atoms with van der Waals surface area (Å²) in [6.45, 7) is -0.400. The van der Waals surface area contributed by atoms with Gasteiger partial charge in [-0.3, -0.25) is 9.69 Å². The van der Waals surface area contributed by atoms with E-state index in [2.05, 4.69) is 9.64 Å². The smallest absolute Gasteiger partial charge is 0.387 e. The molecule has 1 aliphatic heterocycles. The summed E-state index contributed by atoms with van der Waals surface area (Å²) >= 11 is 0. The van der Waals surface area contributed by atoms with Crippen LogP contribution in [0.2, 0.25) is 0 Å². The number of aliphatic carboxylic acids is 1. The van der Waals surface area contributed by atoms with Crippen LogP contribution in [0.25, 0.3) is 0 Å². The van der Waals surface area contributed by atoms with Crippen molar-refractivity contribution in [3.63, 3.8) is 0 Å². The fourth-order valence-corrected chi connectivity index (χ4v) is 3.13. The largest absolute Gasteiger partial charge is 0.489 e. The molecular weight excluding hydrogens is 420 g/mol. The van der Waals surface area contributed by atoms with Crippen LogP contribution in [-0.2, 0) is 16.1 Å². The quantitative estimate of drug-likeness (QED) is 0.628. The monoisotopic (exact) mass is 443 g/mol. The molecule has 1 heterocycles. The number of alkyl halides is 2. The molecule has 1 atom stereocenters. The molecule has 3 rings (SSSR count). The molecule has 0 amide bonds. The Hall–Kier alpha value is -2.42. The first-order chi connectivity index (χ1) is 14.0. The summed E-state index contributed by atoms with van der Waals surface area (Å²) < 4.78 is 41.0. The highest BCUT2D eigenvalue weighted by Crippen LogP contribution is 2.26. The van der Waals surface area contributed by atoms with Gasteiger partial charge in [-0.05, 0) is 23.8 Å². The van der Waals surface area contributed by atoms with E-state index < -0.39 is 12.6 Å². The summed E-state index contributed by atoms with van der Waals surface area (Å²) in [6, 6.07) is 13.9. The van der Waals surface area contributed by atoms with E-state index in [0.717, 1.165) is 5.56 Å². The van der Waals surface area contributed by atoms with Crippen molar-refractivity contribution >= 4 is 18.4 Å². The van der Waals surface area contributed by atoms with Crippen molar-refractivity contribution in [2.45, 2.75) is 25.7 Å². The number of para-hydroxylation sites is 1. The highest BCUT2D eigenvalue weighted by molar-refractivity contribution is 5.85.